The molecule has 6 aliphatic rings. The van der Waals surface area contributed by atoms with Crippen LogP contribution in [0.1, 0.15) is 244 Å². The summed E-state index contributed by atoms with van der Waals surface area (Å²) in [6.45, 7) is 68.5. The van der Waals surface area contributed by atoms with Crippen molar-refractivity contribution in [2.45, 2.75) is 244 Å². The maximum absolute atomic E-state index is 11.3. The topological polar surface area (TPSA) is 54.0 Å². The van der Waals surface area contributed by atoms with Crippen molar-refractivity contribution in [3.05, 3.63) is 0 Å². The van der Waals surface area contributed by atoms with Crippen molar-refractivity contribution in [3.63, 3.8) is 0 Å². The molecule has 75 heavy (non-hydrogen) atoms. The monoisotopic (exact) mass is 1060 g/mol. The summed E-state index contributed by atoms with van der Waals surface area (Å²) < 4.78 is 22.3. The molecule has 5 nitrogen and oxygen atoms in total. The van der Waals surface area contributed by atoms with Crippen molar-refractivity contribution in [3.8, 4) is 0 Å². The van der Waals surface area contributed by atoms with Crippen LogP contribution in [-0.2, 0) is 23.7 Å². The Kier molecular flexibility index (Phi) is 35.6. The van der Waals surface area contributed by atoms with E-state index in [1.807, 2.05) is 0 Å². The van der Waals surface area contributed by atoms with Crippen LogP contribution in [0.4, 0.5) is 0 Å². The number of Topliss-reactive ketones (excluding diaryl/α,β-unsaturated/α-hetero) is 1. The molecule has 0 amide bonds. The van der Waals surface area contributed by atoms with Crippen LogP contribution in [0.25, 0.3) is 0 Å². The minimum Gasteiger partial charge on any atom is -0.381 e. The SMILES string of the molecule is CC(C)C1CCC(=O)CC1C(C)C.CC(C)C1CCCCC1C(C)C.CC(C)C1CCOCC1C(C)C.CC(C)C1CCOCC1C(C)C.CC(C)C1COCC(C)C1C(C)C.CC(C)C1COCCC1(C)C(C)C. The molecule has 13 unspecified atom stereocenters. The molecule has 0 N–H and O–H groups in total. The molecule has 0 bridgehead atoms. The number of rotatable bonds is 12. The van der Waals surface area contributed by atoms with Gasteiger partial charge in [-0.05, 0) is 186 Å². The molecule has 6 fully saturated rings. The Balaban J connectivity index is 0.000000450. The first kappa shape index (κ1) is 72.5. The fraction of sp³-hybridized carbons (Fsp3) is 0.986. The lowest BCUT2D eigenvalue weighted by Gasteiger charge is -2.46. The van der Waals surface area contributed by atoms with E-state index in [1.165, 1.54) is 44.9 Å². The van der Waals surface area contributed by atoms with E-state index >= 15 is 0 Å². The summed E-state index contributed by atoms with van der Waals surface area (Å²) in [6, 6.07) is 0. The van der Waals surface area contributed by atoms with Crippen molar-refractivity contribution in [2.24, 2.45) is 147 Å². The second kappa shape index (κ2) is 36.8. The molecule has 0 radical (unpaired) electrons. The summed E-state index contributed by atoms with van der Waals surface area (Å²) in [5.41, 5.74) is 0.492. The second-order valence-electron chi connectivity index (χ2n) is 30.1. The fourth-order valence-electron chi connectivity index (χ4n) is 15.4. The zero-order valence-corrected chi connectivity index (χ0v) is 55.6. The predicted octanol–water partition coefficient (Wildman–Crippen LogP) is 19.8. The lowest BCUT2D eigenvalue weighted by Crippen LogP contribution is -2.43. The molecule has 4 aliphatic heterocycles. The van der Waals surface area contributed by atoms with E-state index in [2.05, 4.69) is 180 Å². The Morgan fingerprint density at radius 1 is 0.373 bits per heavy atom. The van der Waals surface area contributed by atoms with Crippen LogP contribution in [0.2, 0.25) is 0 Å². The average molecular weight is 1060 g/mol. The van der Waals surface area contributed by atoms with Gasteiger partial charge in [-0.1, -0.05) is 193 Å². The number of hydrogen-bond acceptors (Lipinski definition) is 5. The van der Waals surface area contributed by atoms with Crippen LogP contribution in [0.15, 0.2) is 0 Å². The minimum atomic E-state index is 0.482. The average Bonchev–Trinajstić information content (AvgIpc) is 3.34. The van der Waals surface area contributed by atoms with E-state index in [1.54, 1.807) is 0 Å². The number of carbonyl (C=O) groups excluding carboxylic acids is 1. The largest absolute Gasteiger partial charge is 0.381 e. The Labute approximate surface area is 472 Å². The highest BCUT2D eigenvalue weighted by molar-refractivity contribution is 5.79. The molecular weight excluding hydrogens is 921 g/mol. The molecule has 448 valence electrons. The van der Waals surface area contributed by atoms with Crippen molar-refractivity contribution in [1.82, 2.24) is 0 Å². The molecule has 4 saturated heterocycles. The lowest BCUT2D eigenvalue weighted by atomic mass is 9.63. The molecule has 4 heterocycles. The highest BCUT2D eigenvalue weighted by Gasteiger charge is 2.41. The summed E-state index contributed by atoms with van der Waals surface area (Å²) in [5.74, 6) is 19.8. The number of ketones is 1. The van der Waals surface area contributed by atoms with Gasteiger partial charge in [0.1, 0.15) is 5.78 Å². The first-order valence-electron chi connectivity index (χ1n) is 32.7. The molecule has 0 aromatic rings. The van der Waals surface area contributed by atoms with Crippen LogP contribution >= 0.6 is 0 Å². The summed E-state index contributed by atoms with van der Waals surface area (Å²) in [5, 5.41) is 0. The maximum Gasteiger partial charge on any atom is 0.133 e. The molecule has 5 heteroatoms. The zero-order chi connectivity index (χ0) is 57.5. The third kappa shape index (κ3) is 24.6. The van der Waals surface area contributed by atoms with Crippen molar-refractivity contribution < 1.29 is 23.7 Å². The van der Waals surface area contributed by atoms with Crippen LogP contribution in [0.5, 0.6) is 0 Å². The zero-order valence-electron chi connectivity index (χ0n) is 55.6. The van der Waals surface area contributed by atoms with Gasteiger partial charge in [-0.3, -0.25) is 4.79 Å². The van der Waals surface area contributed by atoms with Crippen LogP contribution in [0.3, 0.4) is 0 Å². The van der Waals surface area contributed by atoms with Crippen LogP contribution in [-0.4, -0.2) is 58.6 Å². The fourth-order valence-corrected chi connectivity index (χ4v) is 15.4. The predicted molar refractivity (Wildman–Crippen MR) is 328 cm³/mol. The standard InChI is InChI=1S/2C12H24O.C12H22O.C12H24.2C11H22O/c1-8(2)11-7-13-6-10(5)12(11)9(3)4;1-9(2)11-8-13-7-6-12(11,5)10(3)4;1-8(2)11-6-5-10(13)7-12(11)9(3)4;1-9(2)11-7-5-6-8-12(11)10(3)4;2*1-8(2)10-5-6-12-7-11(10)9(3)4/h8-12H,6-7H2,1-5H3;9-11H,6-8H2,1-5H3;8-9,11-12H,5-7H2,1-4H3;9-12H,5-8H2,1-4H3;2*8-11H,5-7H2,1-4H3. The highest BCUT2D eigenvalue weighted by atomic mass is 16.5. The molecule has 0 spiro atoms. The van der Waals surface area contributed by atoms with Gasteiger partial charge in [-0.2, -0.15) is 0 Å². The third-order valence-corrected chi connectivity index (χ3v) is 20.9. The van der Waals surface area contributed by atoms with Crippen LogP contribution < -0.4 is 0 Å². The third-order valence-electron chi connectivity index (χ3n) is 20.9. The number of carbonyl (C=O) groups is 1. The van der Waals surface area contributed by atoms with Crippen molar-refractivity contribution >= 4 is 5.78 Å². The van der Waals surface area contributed by atoms with Gasteiger partial charge in [0.25, 0.3) is 0 Å². The van der Waals surface area contributed by atoms with Crippen molar-refractivity contribution in [2.75, 3.05) is 52.9 Å². The summed E-state index contributed by atoms with van der Waals surface area (Å²) >= 11 is 0. The van der Waals surface area contributed by atoms with Gasteiger partial charge in [0.05, 0.1) is 6.61 Å². The second-order valence-corrected chi connectivity index (χ2v) is 30.1. The number of ether oxygens (including phenoxy) is 4. The van der Waals surface area contributed by atoms with Gasteiger partial charge in [-0.25, -0.2) is 0 Å². The highest BCUT2D eigenvalue weighted by Crippen LogP contribution is 2.46. The summed E-state index contributed by atoms with van der Waals surface area (Å²) in [4.78, 5) is 11.3. The molecule has 6 rings (SSSR count). The van der Waals surface area contributed by atoms with E-state index in [0.717, 1.165) is 202 Å². The molecule has 13 atom stereocenters. The summed E-state index contributed by atoms with van der Waals surface area (Å²) in [6.07, 6.45) is 12.5. The van der Waals surface area contributed by atoms with Gasteiger partial charge in [0.2, 0.25) is 0 Å². The van der Waals surface area contributed by atoms with Crippen LogP contribution in [0, 0.1) is 147 Å². The smallest absolute Gasteiger partial charge is 0.133 e. The Bertz CT molecular complexity index is 1290. The Morgan fingerprint density at radius 3 is 1.05 bits per heavy atom. The van der Waals surface area contributed by atoms with E-state index in [4.69, 9.17) is 18.9 Å². The van der Waals surface area contributed by atoms with Gasteiger partial charge in [0, 0.05) is 59.1 Å². The first-order valence-corrected chi connectivity index (χ1v) is 32.7. The van der Waals surface area contributed by atoms with E-state index in [-0.39, 0.29) is 0 Å². The van der Waals surface area contributed by atoms with Gasteiger partial charge in [0.15, 0.2) is 0 Å². The van der Waals surface area contributed by atoms with E-state index in [9.17, 15) is 4.79 Å². The normalized spacial score (nSPS) is 32.7. The quantitative estimate of drug-likeness (QED) is 0.195. The molecule has 2 aliphatic carbocycles. The molecule has 0 aromatic heterocycles. The lowest BCUT2D eigenvalue weighted by molar-refractivity contribution is -0.123. The van der Waals surface area contributed by atoms with Gasteiger partial charge in [-0.15, -0.1) is 0 Å². The molecule has 0 aromatic carbocycles. The van der Waals surface area contributed by atoms with Gasteiger partial charge < -0.3 is 18.9 Å². The molecule has 2 saturated carbocycles. The Hall–Kier alpha value is -0.490. The Morgan fingerprint density at radius 2 is 0.733 bits per heavy atom. The minimum absolute atomic E-state index is 0.482. The van der Waals surface area contributed by atoms with E-state index < -0.39 is 0 Å². The van der Waals surface area contributed by atoms with Crippen molar-refractivity contribution in [1.29, 1.82) is 0 Å². The molecular formula is C70H138O5. The summed E-state index contributed by atoms with van der Waals surface area (Å²) in [7, 11) is 0. The maximum atomic E-state index is 11.3. The van der Waals surface area contributed by atoms with Gasteiger partial charge >= 0.3 is 0 Å². The first-order chi connectivity index (χ1) is 34.9. The van der Waals surface area contributed by atoms with E-state index in [0.29, 0.717) is 23.0 Å². The number of hydrogen-bond donors (Lipinski definition) is 0.